The summed E-state index contributed by atoms with van der Waals surface area (Å²) in [6.45, 7) is 4.13. The van der Waals surface area contributed by atoms with E-state index in [1.165, 1.54) is 11.6 Å². The van der Waals surface area contributed by atoms with E-state index in [0.717, 1.165) is 4.57 Å². The van der Waals surface area contributed by atoms with Gasteiger partial charge in [0.2, 0.25) is 5.95 Å². The Labute approximate surface area is 115 Å². The molecule has 0 unspecified atom stereocenters. The molecule has 0 aromatic carbocycles. The van der Waals surface area contributed by atoms with Crippen molar-refractivity contribution in [2.75, 3.05) is 18.5 Å². The summed E-state index contributed by atoms with van der Waals surface area (Å²) < 4.78 is 4.16. The van der Waals surface area contributed by atoms with E-state index in [4.69, 9.17) is 5.11 Å². The van der Waals surface area contributed by atoms with Crippen molar-refractivity contribution in [2.45, 2.75) is 19.9 Å². The van der Waals surface area contributed by atoms with E-state index in [1.807, 2.05) is 13.8 Å². The van der Waals surface area contributed by atoms with Crippen molar-refractivity contribution in [1.29, 1.82) is 0 Å². The molecule has 110 valence electrons. The third-order valence-corrected chi connectivity index (χ3v) is 3.20. The van der Waals surface area contributed by atoms with Gasteiger partial charge < -0.3 is 15.0 Å². The van der Waals surface area contributed by atoms with Crippen molar-refractivity contribution in [3.8, 4) is 0 Å². The largest absolute Gasteiger partial charge is 0.395 e. The van der Waals surface area contributed by atoms with Gasteiger partial charge in [-0.05, 0) is 13.8 Å². The molecule has 0 spiro atoms. The zero-order chi connectivity index (χ0) is 15.0. The van der Waals surface area contributed by atoms with E-state index in [2.05, 4.69) is 10.3 Å². The van der Waals surface area contributed by atoms with E-state index in [9.17, 15) is 9.59 Å². The molecular formula is C12H19N5O3. The molecule has 8 heteroatoms. The lowest BCUT2D eigenvalue weighted by molar-refractivity contribution is 0.310. The van der Waals surface area contributed by atoms with Gasteiger partial charge in [-0.25, -0.2) is 4.79 Å². The molecule has 0 fully saturated rings. The number of nitrogens with one attached hydrogen (secondary N) is 1. The van der Waals surface area contributed by atoms with Gasteiger partial charge in [-0.15, -0.1) is 0 Å². The van der Waals surface area contributed by atoms with E-state index >= 15 is 0 Å². The second-order valence-corrected chi connectivity index (χ2v) is 4.93. The first-order valence-electron chi connectivity index (χ1n) is 6.42. The van der Waals surface area contributed by atoms with E-state index in [-0.39, 0.29) is 18.2 Å². The Balaban J connectivity index is 2.88. The smallest absolute Gasteiger partial charge is 0.332 e. The Bertz CT molecular complexity index is 753. The van der Waals surface area contributed by atoms with Crippen LogP contribution in [0.4, 0.5) is 5.95 Å². The van der Waals surface area contributed by atoms with Crippen LogP contribution in [-0.2, 0) is 14.1 Å². The van der Waals surface area contributed by atoms with Crippen LogP contribution in [0.15, 0.2) is 9.59 Å². The molecule has 2 aromatic rings. The summed E-state index contributed by atoms with van der Waals surface area (Å²) in [4.78, 5) is 28.6. The molecule has 2 rings (SSSR count). The quantitative estimate of drug-likeness (QED) is 0.782. The maximum Gasteiger partial charge on any atom is 0.332 e. The summed E-state index contributed by atoms with van der Waals surface area (Å²) in [6, 6.07) is -0.00797. The highest BCUT2D eigenvalue weighted by Crippen LogP contribution is 2.20. The summed E-state index contributed by atoms with van der Waals surface area (Å²) in [5, 5.41) is 11.9. The predicted molar refractivity (Wildman–Crippen MR) is 76.2 cm³/mol. The number of rotatable bonds is 4. The molecule has 0 saturated carbocycles. The molecule has 2 heterocycles. The number of aromatic nitrogens is 4. The Kier molecular flexibility index (Phi) is 3.67. The molecule has 0 saturated heterocycles. The van der Waals surface area contributed by atoms with E-state index in [0.29, 0.717) is 23.7 Å². The van der Waals surface area contributed by atoms with Gasteiger partial charge in [0, 0.05) is 26.7 Å². The third kappa shape index (κ3) is 2.01. The number of hydrogen-bond acceptors (Lipinski definition) is 5. The molecule has 0 amide bonds. The van der Waals surface area contributed by atoms with Crippen molar-refractivity contribution in [2.24, 2.45) is 14.1 Å². The topological polar surface area (TPSA) is 94.1 Å². The van der Waals surface area contributed by atoms with Crippen molar-refractivity contribution in [3.05, 3.63) is 20.8 Å². The lowest BCUT2D eigenvalue weighted by Gasteiger charge is -2.13. The van der Waals surface area contributed by atoms with E-state index in [1.54, 1.807) is 11.6 Å². The Morgan fingerprint density at radius 1 is 1.25 bits per heavy atom. The minimum absolute atomic E-state index is 0.00797. The number of fused-ring (bicyclic) bond motifs is 1. The highest BCUT2D eigenvalue weighted by atomic mass is 16.3. The first kappa shape index (κ1) is 14.3. The predicted octanol–water partition coefficient (Wildman–Crippen LogP) is -0.581. The van der Waals surface area contributed by atoms with Gasteiger partial charge in [-0.1, -0.05) is 0 Å². The summed E-state index contributed by atoms with van der Waals surface area (Å²) in [5.41, 5.74) is -0.0664. The van der Waals surface area contributed by atoms with Crippen LogP contribution in [0.25, 0.3) is 11.2 Å². The fraction of sp³-hybridized carbons (Fsp3) is 0.583. The maximum absolute atomic E-state index is 12.3. The molecular weight excluding hydrogens is 262 g/mol. The number of imidazole rings is 1. The maximum atomic E-state index is 12.3. The molecule has 0 aliphatic heterocycles. The van der Waals surface area contributed by atoms with Gasteiger partial charge in [0.25, 0.3) is 5.56 Å². The normalized spacial score (nSPS) is 11.5. The van der Waals surface area contributed by atoms with Crippen LogP contribution in [0, 0.1) is 0 Å². The average molecular weight is 281 g/mol. The highest BCUT2D eigenvalue weighted by molar-refractivity contribution is 5.74. The Morgan fingerprint density at radius 2 is 1.90 bits per heavy atom. The number of anilines is 1. The summed E-state index contributed by atoms with van der Waals surface area (Å²) >= 11 is 0. The lowest BCUT2D eigenvalue weighted by Crippen LogP contribution is -2.37. The SMILES string of the molecule is CC(C)n1c(NCCO)nc2c1c(=O)n(C)c(=O)n2C. The van der Waals surface area contributed by atoms with Crippen LogP contribution in [0.2, 0.25) is 0 Å². The van der Waals surface area contributed by atoms with Crippen molar-refractivity contribution in [3.63, 3.8) is 0 Å². The number of aliphatic hydroxyl groups excluding tert-OH is 1. The Hall–Kier alpha value is -2.09. The van der Waals surface area contributed by atoms with Crippen LogP contribution in [0.3, 0.4) is 0 Å². The third-order valence-electron chi connectivity index (χ3n) is 3.20. The molecule has 20 heavy (non-hydrogen) atoms. The van der Waals surface area contributed by atoms with Gasteiger partial charge in [0.1, 0.15) is 0 Å². The number of nitrogens with zero attached hydrogens (tertiary/aromatic N) is 4. The first-order valence-corrected chi connectivity index (χ1v) is 6.42. The number of aliphatic hydroxyl groups is 1. The van der Waals surface area contributed by atoms with Gasteiger partial charge in [-0.2, -0.15) is 4.98 Å². The van der Waals surface area contributed by atoms with E-state index < -0.39 is 5.69 Å². The highest BCUT2D eigenvalue weighted by Gasteiger charge is 2.20. The van der Waals surface area contributed by atoms with Crippen molar-refractivity contribution in [1.82, 2.24) is 18.7 Å². The fourth-order valence-electron chi connectivity index (χ4n) is 2.21. The number of hydrogen-bond donors (Lipinski definition) is 2. The number of aryl methyl sites for hydroxylation is 1. The zero-order valence-electron chi connectivity index (χ0n) is 12.0. The van der Waals surface area contributed by atoms with Gasteiger partial charge in [0.15, 0.2) is 11.2 Å². The van der Waals surface area contributed by atoms with Crippen LogP contribution >= 0.6 is 0 Å². The van der Waals surface area contributed by atoms with Gasteiger partial charge in [0.05, 0.1) is 6.61 Å². The molecule has 2 aromatic heterocycles. The average Bonchev–Trinajstić information content (AvgIpc) is 2.80. The standard InChI is InChI=1S/C12H19N5O3/c1-7(2)17-8-9(14-11(17)13-5-6-18)15(3)12(20)16(4)10(8)19/h7,18H,5-6H2,1-4H3,(H,13,14). The van der Waals surface area contributed by atoms with Crippen LogP contribution < -0.4 is 16.6 Å². The first-order chi connectivity index (χ1) is 9.40. The Morgan fingerprint density at radius 3 is 2.45 bits per heavy atom. The van der Waals surface area contributed by atoms with Crippen LogP contribution in [0.5, 0.6) is 0 Å². The molecule has 0 atom stereocenters. The molecule has 0 bridgehead atoms. The molecule has 2 N–H and O–H groups in total. The molecule has 0 aliphatic rings. The summed E-state index contributed by atoms with van der Waals surface area (Å²) in [6.07, 6.45) is 0. The van der Waals surface area contributed by atoms with Crippen molar-refractivity contribution < 1.29 is 5.11 Å². The van der Waals surface area contributed by atoms with Crippen LogP contribution in [-0.4, -0.2) is 36.9 Å². The lowest BCUT2D eigenvalue weighted by atomic mass is 10.3. The van der Waals surface area contributed by atoms with Crippen LogP contribution in [0.1, 0.15) is 19.9 Å². The fourth-order valence-corrected chi connectivity index (χ4v) is 2.21. The van der Waals surface area contributed by atoms with Gasteiger partial charge in [-0.3, -0.25) is 13.9 Å². The minimum atomic E-state index is -0.412. The van der Waals surface area contributed by atoms with Crippen molar-refractivity contribution >= 4 is 17.1 Å². The molecule has 0 radical (unpaired) electrons. The summed E-state index contributed by atoms with van der Waals surface area (Å²) in [7, 11) is 3.03. The van der Waals surface area contributed by atoms with Gasteiger partial charge >= 0.3 is 5.69 Å². The molecule has 8 nitrogen and oxygen atoms in total. The minimum Gasteiger partial charge on any atom is -0.395 e. The zero-order valence-corrected chi connectivity index (χ0v) is 12.0. The monoisotopic (exact) mass is 281 g/mol. The summed E-state index contributed by atoms with van der Waals surface area (Å²) in [5.74, 6) is 0.474. The molecule has 0 aliphatic carbocycles. The second-order valence-electron chi connectivity index (χ2n) is 4.93. The second kappa shape index (κ2) is 5.12.